The third-order valence-electron chi connectivity index (χ3n) is 3.18. The fourth-order valence-electron chi connectivity index (χ4n) is 2.07. The quantitative estimate of drug-likeness (QED) is 0.727. The zero-order chi connectivity index (χ0) is 15.7. The molecule has 3 aromatic rings. The van der Waals surface area contributed by atoms with Gasteiger partial charge in [-0.25, -0.2) is 4.98 Å². The first-order chi connectivity index (χ1) is 10.6. The van der Waals surface area contributed by atoms with Gasteiger partial charge in [-0.1, -0.05) is 11.6 Å². The van der Waals surface area contributed by atoms with Crippen molar-refractivity contribution in [1.29, 1.82) is 0 Å². The maximum absolute atomic E-state index is 9.81. The number of nitrogens with zero attached hydrogens (tertiary/aromatic N) is 4. The first-order valence-corrected chi connectivity index (χ1v) is 6.90. The van der Waals surface area contributed by atoms with Crippen LogP contribution in [0.5, 0.6) is 11.5 Å². The summed E-state index contributed by atoms with van der Waals surface area (Å²) in [5.74, 6) is 1.27. The van der Waals surface area contributed by atoms with Crippen molar-refractivity contribution in [3.8, 4) is 11.5 Å². The fraction of sp³-hybridized carbons (Fsp3) is 0.133. The second-order valence-electron chi connectivity index (χ2n) is 4.63. The van der Waals surface area contributed by atoms with E-state index in [4.69, 9.17) is 16.3 Å². The van der Waals surface area contributed by atoms with Crippen molar-refractivity contribution < 1.29 is 9.84 Å². The number of fused-ring (bicyclic) bond motifs is 1. The first kappa shape index (κ1) is 14.3. The predicted molar refractivity (Wildman–Crippen MR) is 83.8 cm³/mol. The van der Waals surface area contributed by atoms with Crippen LogP contribution in [0.15, 0.2) is 46.8 Å². The number of aromatic hydroxyl groups is 1. The first-order valence-electron chi connectivity index (χ1n) is 6.52. The van der Waals surface area contributed by atoms with Crippen LogP contribution in [0.25, 0.3) is 5.65 Å². The molecule has 0 atom stereocenters. The number of rotatable bonds is 3. The summed E-state index contributed by atoms with van der Waals surface area (Å²) in [6, 6.07) is 8.42. The van der Waals surface area contributed by atoms with Crippen LogP contribution in [0, 0.1) is 6.92 Å². The Bertz CT molecular complexity index is 873. The van der Waals surface area contributed by atoms with Gasteiger partial charge in [-0.2, -0.15) is 0 Å². The van der Waals surface area contributed by atoms with Crippen molar-refractivity contribution in [3.63, 3.8) is 0 Å². The number of hydrogen-bond acceptors (Lipinski definition) is 5. The maximum Gasteiger partial charge on any atom is 0.182 e. The van der Waals surface area contributed by atoms with E-state index in [1.165, 1.54) is 0 Å². The van der Waals surface area contributed by atoms with Gasteiger partial charge in [-0.15, -0.1) is 10.2 Å². The molecule has 1 aromatic carbocycles. The lowest BCUT2D eigenvalue weighted by Gasteiger charge is -2.02. The van der Waals surface area contributed by atoms with Crippen molar-refractivity contribution >= 4 is 28.8 Å². The van der Waals surface area contributed by atoms with E-state index < -0.39 is 0 Å². The van der Waals surface area contributed by atoms with E-state index in [9.17, 15) is 5.11 Å². The minimum atomic E-state index is 0.0893. The van der Waals surface area contributed by atoms with Crippen LogP contribution in [0.1, 0.15) is 5.69 Å². The van der Waals surface area contributed by atoms with Crippen molar-refractivity contribution in [2.75, 3.05) is 7.11 Å². The molecule has 0 radical (unpaired) electrons. The number of aryl methyl sites for hydroxylation is 1. The van der Waals surface area contributed by atoms with E-state index >= 15 is 0 Å². The van der Waals surface area contributed by atoms with Gasteiger partial charge in [-0.3, -0.25) is 4.40 Å². The summed E-state index contributed by atoms with van der Waals surface area (Å²) in [5, 5.41) is 18.7. The molecule has 2 heterocycles. The Kier molecular flexibility index (Phi) is 3.68. The topological polar surface area (TPSA) is 71.5 Å². The zero-order valence-electron chi connectivity index (χ0n) is 12.0. The molecule has 0 unspecified atom stereocenters. The van der Waals surface area contributed by atoms with Crippen LogP contribution in [0.2, 0.25) is 5.02 Å². The largest absolute Gasteiger partial charge is 0.504 e. The molecular formula is C15H13ClN4O2. The fourth-order valence-corrected chi connectivity index (χ4v) is 2.23. The van der Waals surface area contributed by atoms with Crippen molar-refractivity contribution in [2.45, 2.75) is 6.92 Å². The Morgan fingerprint density at radius 3 is 2.86 bits per heavy atom. The molecule has 22 heavy (non-hydrogen) atoms. The number of pyridine rings is 1. The Morgan fingerprint density at radius 1 is 1.27 bits per heavy atom. The standard InChI is InChI=1S/C15H13ClN4O2/c1-9-14(20-7-3-4-13(21)15(20)17-9)19-18-12-8-10(22-2)5-6-11(12)16/h3-8,21H,1-2H3. The maximum atomic E-state index is 9.81. The highest BCUT2D eigenvalue weighted by Gasteiger charge is 2.11. The highest BCUT2D eigenvalue weighted by molar-refractivity contribution is 6.33. The van der Waals surface area contributed by atoms with Gasteiger partial charge in [0.15, 0.2) is 17.2 Å². The third kappa shape index (κ3) is 2.48. The summed E-state index contributed by atoms with van der Waals surface area (Å²) in [4.78, 5) is 4.28. The molecule has 0 bridgehead atoms. The molecule has 0 saturated carbocycles. The van der Waals surface area contributed by atoms with E-state index in [-0.39, 0.29) is 5.75 Å². The van der Waals surface area contributed by atoms with Gasteiger partial charge >= 0.3 is 0 Å². The average Bonchev–Trinajstić information content (AvgIpc) is 2.84. The number of benzene rings is 1. The molecule has 1 N–H and O–H groups in total. The minimum Gasteiger partial charge on any atom is -0.504 e. The number of halogens is 1. The highest BCUT2D eigenvalue weighted by atomic mass is 35.5. The molecule has 0 spiro atoms. The van der Waals surface area contributed by atoms with Gasteiger partial charge in [0.1, 0.15) is 11.4 Å². The summed E-state index contributed by atoms with van der Waals surface area (Å²) >= 11 is 6.10. The van der Waals surface area contributed by atoms with E-state index in [1.807, 2.05) is 0 Å². The molecule has 0 aliphatic rings. The monoisotopic (exact) mass is 316 g/mol. The van der Waals surface area contributed by atoms with Crippen LogP contribution >= 0.6 is 11.6 Å². The van der Waals surface area contributed by atoms with Crippen LogP contribution in [0.4, 0.5) is 11.5 Å². The molecule has 0 saturated heterocycles. The average molecular weight is 317 g/mol. The van der Waals surface area contributed by atoms with Crippen molar-refractivity contribution in [3.05, 3.63) is 47.2 Å². The number of hydrogen-bond donors (Lipinski definition) is 1. The molecule has 112 valence electrons. The summed E-state index contributed by atoms with van der Waals surface area (Å²) < 4.78 is 6.81. The summed E-state index contributed by atoms with van der Waals surface area (Å²) in [5.41, 5.74) is 1.59. The van der Waals surface area contributed by atoms with Gasteiger partial charge in [-0.05, 0) is 31.2 Å². The molecule has 0 aliphatic heterocycles. The Hall–Kier alpha value is -2.60. The van der Waals surface area contributed by atoms with Gasteiger partial charge in [0.25, 0.3) is 0 Å². The number of ether oxygens (including phenoxy) is 1. The number of methoxy groups -OCH3 is 1. The Balaban J connectivity index is 2.07. The highest BCUT2D eigenvalue weighted by Crippen LogP contribution is 2.32. The SMILES string of the molecule is COc1ccc(Cl)c(N=Nc2c(C)nc3c(O)cccn23)c1. The van der Waals surface area contributed by atoms with E-state index in [1.54, 1.807) is 55.0 Å². The number of aromatic nitrogens is 2. The smallest absolute Gasteiger partial charge is 0.182 e. The molecule has 0 amide bonds. The number of imidazole rings is 1. The lowest BCUT2D eigenvalue weighted by atomic mass is 10.3. The Morgan fingerprint density at radius 2 is 2.09 bits per heavy atom. The number of azo groups is 1. The van der Waals surface area contributed by atoms with E-state index in [0.29, 0.717) is 33.6 Å². The van der Waals surface area contributed by atoms with Crippen LogP contribution in [-0.4, -0.2) is 21.6 Å². The van der Waals surface area contributed by atoms with Gasteiger partial charge in [0.05, 0.1) is 17.8 Å². The second kappa shape index (κ2) is 5.65. The zero-order valence-corrected chi connectivity index (χ0v) is 12.7. The molecule has 3 rings (SSSR count). The summed E-state index contributed by atoms with van der Waals surface area (Å²) in [6.45, 7) is 1.80. The van der Waals surface area contributed by atoms with E-state index in [2.05, 4.69) is 15.2 Å². The Labute approximate surface area is 131 Å². The molecule has 0 aliphatic carbocycles. The van der Waals surface area contributed by atoms with Crippen molar-refractivity contribution in [2.24, 2.45) is 10.2 Å². The van der Waals surface area contributed by atoms with Gasteiger partial charge < -0.3 is 9.84 Å². The van der Waals surface area contributed by atoms with Gasteiger partial charge in [0.2, 0.25) is 0 Å². The summed E-state index contributed by atoms with van der Waals surface area (Å²) in [7, 11) is 1.57. The lowest BCUT2D eigenvalue weighted by Crippen LogP contribution is -1.83. The lowest BCUT2D eigenvalue weighted by molar-refractivity contribution is 0.415. The van der Waals surface area contributed by atoms with Crippen LogP contribution in [0.3, 0.4) is 0 Å². The van der Waals surface area contributed by atoms with Gasteiger partial charge in [0, 0.05) is 12.3 Å². The van der Waals surface area contributed by atoms with E-state index in [0.717, 1.165) is 0 Å². The van der Waals surface area contributed by atoms with Crippen molar-refractivity contribution in [1.82, 2.24) is 9.38 Å². The van der Waals surface area contributed by atoms with Crippen LogP contribution < -0.4 is 4.74 Å². The second-order valence-corrected chi connectivity index (χ2v) is 5.03. The molecule has 6 nitrogen and oxygen atoms in total. The molecule has 7 heteroatoms. The summed E-state index contributed by atoms with van der Waals surface area (Å²) in [6.07, 6.45) is 1.76. The minimum absolute atomic E-state index is 0.0893. The normalized spacial score (nSPS) is 11.4. The molecule has 0 fully saturated rings. The van der Waals surface area contributed by atoms with Crippen LogP contribution in [-0.2, 0) is 0 Å². The predicted octanol–water partition coefficient (Wildman–Crippen LogP) is 4.43. The molecular weight excluding hydrogens is 304 g/mol. The third-order valence-corrected chi connectivity index (χ3v) is 3.50. The molecule has 2 aromatic heterocycles.